The molecule has 1 aliphatic rings. The normalized spacial score (nSPS) is 17.8. The summed E-state index contributed by atoms with van der Waals surface area (Å²) in [5.74, 6) is -0.783. The summed E-state index contributed by atoms with van der Waals surface area (Å²) in [4.78, 5) is 12.0. The second kappa shape index (κ2) is 5.23. The smallest absolute Gasteiger partial charge is 0.314 e. The molecule has 110 valence electrons. The van der Waals surface area contributed by atoms with Crippen molar-refractivity contribution >= 4 is 28.3 Å². The SMILES string of the molecule is O=C(O)C1(c2c(O)ccc3cc(Cl)ccc23)CCCCC1. The third-order valence-corrected chi connectivity index (χ3v) is 4.79. The number of phenols is 1. The van der Waals surface area contributed by atoms with Crippen molar-refractivity contribution in [3.05, 3.63) is 40.9 Å². The van der Waals surface area contributed by atoms with Crippen molar-refractivity contribution in [2.75, 3.05) is 0 Å². The Morgan fingerprint density at radius 3 is 2.48 bits per heavy atom. The molecule has 4 heteroatoms. The number of benzene rings is 2. The van der Waals surface area contributed by atoms with Gasteiger partial charge in [0.25, 0.3) is 0 Å². The summed E-state index contributed by atoms with van der Waals surface area (Å²) in [7, 11) is 0. The van der Waals surface area contributed by atoms with Crippen LogP contribution in [0.5, 0.6) is 5.75 Å². The van der Waals surface area contributed by atoms with E-state index in [2.05, 4.69) is 0 Å². The molecule has 2 aromatic carbocycles. The summed E-state index contributed by atoms with van der Waals surface area (Å²) in [6.45, 7) is 0. The Labute approximate surface area is 128 Å². The minimum Gasteiger partial charge on any atom is -0.508 e. The number of hydrogen-bond acceptors (Lipinski definition) is 2. The average molecular weight is 305 g/mol. The van der Waals surface area contributed by atoms with Crippen LogP contribution in [0, 0.1) is 0 Å². The molecule has 0 spiro atoms. The number of fused-ring (bicyclic) bond motifs is 1. The van der Waals surface area contributed by atoms with E-state index in [1.54, 1.807) is 24.3 Å². The standard InChI is InChI=1S/C17H17ClO3/c18-12-5-6-13-11(10-12)4-7-14(19)15(13)17(16(20)21)8-2-1-3-9-17/h4-7,10,19H,1-3,8-9H2,(H,20,21). The molecule has 0 amide bonds. The first-order valence-corrected chi connectivity index (χ1v) is 7.57. The summed E-state index contributed by atoms with van der Waals surface area (Å²) >= 11 is 6.01. The fourth-order valence-corrected chi connectivity index (χ4v) is 3.70. The van der Waals surface area contributed by atoms with Crippen molar-refractivity contribution in [3.63, 3.8) is 0 Å². The van der Waals surface area contributed by atoms with Gasteiger partial charge in [-0.2, -0.15) is 0 Å². The molecule has 0 atom stereocenters. The van der Waals surface area contributed by atoms with E-state index in [1.165, 1.54) is 0 Å². The van der Waals surface area contributed by atoms with Crippen LogP contribution in [0.3, 0.4) is 0 Å². The third-order valence-electron chi connectivity index (χ3n) is 4.55. The summed E-state index contributed by atoms with van der Waals surface area (Å²) in [6.07, 6.45) is 3.92. The van der Waals surface area contributed by atoms with Gasteiger partial charge in [-0.05, 0) is 41.8 Å². The molecule has 0 aromatic heterocycles. The number of aliphatic carboxylic acids is 1. The van der Waals surface area contributed by atoms with Crippen LogP contribution in [0.15, 0.2) is 30.3 Å². The molecule has 1 aliphatic carbocycles. The molecule has 0 bridgehead atoms. The second-order valence-electron chi connectivity index (χ2n) is 5.77. The Bertz CT molecular complexity index is 702. The first kappa shape index (κ1) is 14.2. The molecule has 3 nitrogen and oxygen atoms in total. The molecule has 2 N–H and O–H groups in total. The van der Waals surface area contributed by atoms with Gasteiger partial charge in [0, 0.05) is 10.6 Å². The fraction of sp³-hybridized carbons (Fsp3) is 0.353. The van der Waals surface area contributed by atoms with Crippen molar-refractivity contribution in [3.8, 4) is 5.75 Å². The molecule has 3 rings (SSSR count). The lowest BCUT2D eigenvalue weighted by atomic mass is 9.68. The highest BCUT2D eigenvalue weighted by atomic mass is 35.5. The van der Waals surface area contributed by atoms with E-state index >= 15 is 0 Å². The first-order valence-electron chi connectivity index (χ1n) is 7.20. The highest BCUT2D eigenvalue weighted by molar-refractivity contribution is 6.31. The van der Waals surface area contributed by atoms with Crippen molar-refractivity contribution < 1.29 is 15.0 Å². The monoisotopic (exact) mass is 304 g/mol. The maximum atomic E-state index is 12.0. The minimum atomic E-state index is -0.990. The Morgan fingerprint density at radius 1 is 1.10 bits per heavy atom. The highest BCUT2D eigenvalue weighted by Gasteiger charge is 2.44. The number of carboxylic acids is 1. The Balaban J connectivity index is 2.31. The minimum absolute atomic E-state index is 0.0640. The van der Waals surface area contributed by atoms with Crippen LogP contribution in [-0.2, 0) is 10.2 Å². The molecule has 0 aliphatic heterocycles. The van der Waals surface area contributed by atoms with E-state index in [0.29, 0.717) is 23.4 Å². The van der Waals surface area contributed by atoms with Gasteiger partial charge in [-0.3, -0.25) is 4.79 Å². The lowest BCUT2D eigenvalue weighted by Gasteiger charge is -2.35. The highest BCUT2D eigenvalue weighted by Crippen LogP contribution is 2.46. The largest absolute Gasteiger partial charge is 0.508 e. The summed E-state index contributed by atoms with van der Waals surface area (Å²) in [5.41, 5.74) is -0.445. The van der Waals surface area contributed by atoms with Gasteiger partial charge in [-0.25, -0.2) is 0 Å². The van der Waals surface area contributed by atoms with Crippen LogP contribution in [0.2, 0.25) is 5.02 Å². The lowest BCUT2D eigenvalue weighted by molar-refractivity contribution is -0.145. The van der Waals surface area contributed by atoms with E-state index < -0.39 is 11.4 Å². The second-order valence-corrected chi connectivity index (χ2v) is 6.21. The van der Waals surface area contributed by atoms with Crippen molar-refractivity contribution in [2.24, 2.45) is 0 Å². The van der Waals surface area contributed by atoms with Crippen LogP contribution in [0.25, 0.3) is 10.8 Å². The quantitative estimate of drug-likeness (QED) is 0.859. The predicted molar refractivity (Wildman–Crippen MR) is 83.0 cm³/mol. The maximum absolute atomic E-state index is 12.0. The number of carbonyl (C=O) groups is 1. The summed E-state index contributed by atoms with van der Waals surface area (Å²) < 4.78 is 0. The summed E-state index contributed by atoms with van der Waals surface area (Å²) in [6, 6.07) is 8.71. The molecule has 2 aromatic rings. The van der Waals surface area contributed by atoms with E-state index in [1.807, 2.05) is 6.07 Å². The molecule has 0 radical (unpaired) electrons. The number of carboxylic acid groups (broad SMARTS) is 1. The average Bonchev–Trinajstić information content (AvgIpc) is 2.48. The van der Waals surface area contributed by atoms with Gasteiger partial charge in [-0.1, -0.05) is 43.0 Å². The number of hydrogen-bond donors (Lipinski definition) is 2. The van der Waals surface area contributed by atoms with Gasteiger partial charge in [0.2, 0.25) is 0 Å². The number of halogens is 1. The van der Waals surface area contributed by atoms with Gasteiger partial charge >= 0.3 is 5.97 Å². The third kappa shape index (κ3) is 2.26. The molecule has 1 saturated carbocycles. The summed E-state index contributed by atoms with van der Waals surface area (Å²) in [5, 5.41) is 22.4. The molecule has 0 unspecified atom stereocenters. The van der Waals surface area contributed by atoms with Crippen LogP contribution < -0.4 is 0 Å². The lowest BCUT2D eigenvalue weighted by Crippen LogP contribution is -2.38. The topological polar surface area (TPSA) is 57.5 Å². The van der Waals surface area contributed by atoms with Crippen molar-refractivity contribution in [2.45, 2.75) is 37.5 Å². The first-order chi connectivity index (χ1) is 10.0. The van der Waals surface area contributed by atoms with Crippen LogP contribution >= 0.6 is 11.6 Å². The van der Waals surface area contributed by atoms with Crippen molar-refractivity contribution in [1.29, 1.82) is 0 Å². The zero-order valence-electron chi connectivity index (χ0n) is 11.6. The van der Waals surface area contributed by atoms with Crippen LogP contribution in [0.4, 0.5) is 0 Å². The van der Waals surface area contributed by atoms with Gasteiger partial charge in [0.05, 0.1) is 5.41 Å². The molecule has 1 fully saturated rings. The van der Waals surface area contributed by atoms with Gasteiger partial charge < -0.3 is 10.2 Å². The van der Waals surface area contributed by atoms with Crippen LogP contribution in [0.1, 0.15) is 37.7 Å². The number of rotatable bonds is 2. The van der Waals surface area contributed by atoms with E-state index in [9.17, 15) is 15.0 Å². The Morgan fingerprint density at radius 2 is 1.81 bits per heavy atom. The molecule has 0 saturated heterocycles. The zero-order valence-corrected chi connectivity index (χ0v) is 12.4. The van der Waals surface area contributed by atoms with E-state index in [0.717, 1.165) is 30.0 Å². The molecule has 21 heavy (non-hydrogen) atoms. The Hall–Kier alpha value is -1.74. The molecule has 0 heterocycles. The van der Waals surface area contributed by atoms with Crippen LogP contribution in [-0.4, -0.2) is 16.2 Å². The maximum Gasteiger partial charge on any atom is 0.314 e. The van der Waals surface area contributed by atoms with Gasteiger partial charge in [-0.15, -0.1) is 0 Å². The Kier molecular flexibility index (Phi) is 3.54. The number of aromatic hydroxyl groups is 1. The number of phenolic OH excluding ortho intramolecular Hbond substituents is 1. The van der Waals surface area contributed by atoms with E-state index in [4.69, 9.17) is 11.6 Å². The molecular formula is C17H17ClO3. The van der Waals surface area contributed by atoms with Gasteiger partial charge in [0.1, 0.15) is 5.75 Å². The molecular weight excluding hydrogens is 288 g/mol. The van der Waals surface area contributed by atoms with E-state index in [-0.39, 0.29) is 5.75 Å². The fourth-order valence-electron chi connectivity index (χ4n) is 3.52. The predicted octanol–water partition coefficient (Wildman–Crippen LogP) is 4.49. The van der Waals surface area contributed by atoms with Gasteiger partial charge in [0.15, 0.2) is 0 Å². The van der Waals surface area contributed by atoms with Crippen molar-refractivity contribution in [1.82, 2.24) is 0 Å². The zero-order chi connectivity index (χ0) is 15.0.